The number of ether oxygens (including phenoxy) is 1. The molecule has 2 atom stereocenters. The fraction of sp³-hybridized carbons (Fsp3) is 0.538. The molecule has 2 unspecified atom stereocenters. The molecule has 0 spiro atoms. The zero-order chi connectivity index (χ0) is 13.9. The molecule has 5 nitrogen and oxygen atoms in total. The van der Waals surface area contributed by atoms with E-state index in [4.69, 9.17) is 10.5 Å². The van der Waals surface area contributed by atoms with Crippen molar-refractivity contribution < 1.29 is 13.2 Å². The van der Waals surface area contributed by atoms with Gasteiger partial charge in [0.05, 0.1) is 4.90 Å². The van der Waals surface area contributed by atoms with Crippen LogP contribution in [-0.2, 0) is 10.0 Å². The lowest BCUT2D eigenvalue weighted by molar-refractivity contribution is 0.328. The van der Waals surface area contributed by atoms with E-state index in [-0.39, 0.29) is 10.9 Å². The summed E-state index contributed by atoms with van der Waals surface area (Å²) in [6, 6.07) is 6.50. The number of hydrogen-bond donors (Lipinski definition) is 2. The van der Waals surface area contributed by atoms with Gasteiger partial charge in [0.15, 0.2) is 0 Å². The highest BCUT2D eigenvalue weighted by Crippen LogP contribution is 2.34. The summed E-state index contributed by atoms with van der Waals surface area (Å²) < 4.78 is 32.2. The average molecular weight is 284 g/mol. The van der Waals surface area contributed by atoms with Crippen LogP contribution >= 0.6 is 0 Å². The van der Waals surface area contributed by atoms with Gasteiger partial charge in [0.2, 0.25) is 10.0 Å². The molecule has 3 N–H and O–H groups in total. The molecule has 0 radical (unpaired) electrons. The summed E-state index contributed by atoms with van der Waals surface area (Å²) in [6.45, 7) is 2.93. The van der Waals surface area contributed by atoms with Crippen LogP contribution in [0.25, 0.3) is 0 Å². The first-order valence-electron chi connectivity index (χ1n) is 6.52. The summed E-state index contributed by atoms with van der Waals surface area (Å²) in [5.74, 6) is 1.11. The van der Waals surface area contributed by atoms with Crippen molar-refractivity contribution in [1.29, 1.82) is 0 Å². The second-order valence-corrected chi connectivity index (χ2v) is 6.45. The van der Waals surface area contributed by atoms with Crippen LogP contribution in [0.2, 0.25) is 0 Å². The summed E-state index contributed by atoms with van der Waals surface area (Å²) >= 11 is 0. The first-order valence-corrected chi connectivity index (χ1v) is 8.00. The molecule has 0 aliphatic heterocycles. The molecule has 0 saturated heterocycles. The molecule has 106 valence electrons. The molecule has 6 heteroatoms. The van der Waals surface area contributed by atoms with Gasteiger partial charge >= 0.3 is 0 Å². The van der Waals surface area contributed by atoms with Gasteiger partial charge in [0, 0.05) is 12.6 Å². The van der Waals surface area contributed by atoms with Gasteiger partial charge in [-0.05, 0) is 36.6 Å². The Morgan fingerprint density at radius 1 is 1.37 bits per heavy atom. The van der Waals surface area contributed by atoms with E-state index in [9.17, 15) is 8.42 Å². The molecule has 0 amide bonds. The topological polar surface area (TPSA) is 81.4 Å². The van der Waals surface area contributed by atoms with Crippen molar-refractivity contribution in [2.45, 2.75) is 30.7 Å². The minimum atomic E-state index is -3.41. The van der Waals surface area contributed by atoms with Crippen molar-refractivity contribution in [1.82, 2.24) is 4.72 Å². The predicted molar refractivity (Wildman–Crippen MR) is 73.5 cm³/mol. The number of hydrogen-bond acceptors (Lipinski definition) is 4. The van der Waals surface area contributed by atoms with Crippen molar-refractivity contribution in [3.05, 3.63) is 24.3 Å². The van der Waals surface area contributed by atoms with E-state index in [1.807, 2.05) is 0 Å². The molecule has 1 aliphatic rings. The Morgan fingerprint density at radius 3 is 2.58 bits per heavy atom. The fourth-order valence-electron chi connectivity index (χ4n) is 2.00. The first kappa shape index (κ1) is 14.3. The van der Waals surface area contributed by atoms with E-state index in [2.05, 4.69) is 11.6 Å². The Balaban J connectivity index is 2.00. The van der Waals surface area contributed by atoms with Crippen molar-refractivity contribution in [2.24, 2.45) is 11.7 Å². The molecule has 1 aromatic rings. The standard InChI is InChI=1S/C13H20N2O3S/c1-2-10-9-13(10)15-19(16,17)12-5-3-11(4-6-12)18-8-7-14/h3-6,10,13,15H,2,7-9,14H2,1H3. The lowest BCUT2D eigenvalue weighted by atomic mass is 10.3. The smallest absolute Gasteiger partial charge is 0.240 e. The lowest BCUT2D eigenvalue weighted by Gasteiger charge is -2.08. The van der Waals surface area contributed by atoms with Crippen LogP contribution in [0.3, 0.4) is 0 Å². The van der Waals surface area contributed by atoms with E-state index in [0.717, 1.165) is 12.8 Å². The highest BCUT2D eigenvalue weighted by molar-refractivity contribution is 7.89. The molecule has 1 saturated carbocycles. The van der Waals surface area contributed by atoms with Crippen LogP contribution in [0.4, 0.5) is 0 Å². The minimum Gasteiger partial charge on any atom is -0.492 e. The molecule has 0 heterocycles. The van der Waals surface area contributed by atoms with Crippen LogP contribution in [-0.4, -0.2) is 27.6 Å². The van der Waals surface area contributed by atoms with Gasteiger partial charge in [-0.2, -0.15) is 0 Å². The van der Waals surface area contributed by atoms with Crippen molar-refractivity contribution in [3.8, 4) is 5.75 Å². The second kappa shape index (κ2) is 5.90. The molecule has 0 bridgehead atoms. The van der Waals surface area contributed by atoms with Gasteiger partial charge in [-0.3, -0.25) is 0 Å². The van der Waals surface area contributed by atoms with Gasteiger partial charge < -0.3 is 10.5 Å². The normalized spacial score (nSPS) is 22.2. The van der Waals surface area contributed by atoms with Gasteiger partial charge in [-0.15, -0.1) is 0 Å². The summed E-state index contributed by atoms with van der Waals surface area (Å²) in [4.78, 5) is 0.273. The zero-order valence-electron chi connectivity index (χ0n) is 11.0. The summed E-state index contributed by atoms with van der Waals surface area (Å²) in [5.41, 5.74) is 5.33. The van der Waals surface area contributed by atoms with E-state index < -0.39 is 10.0 Å². The van der Waals surface area contributed by atoms with E-state index >= 15 is 0 Å². The van der Waals surface area contributed by atoms with Gasteiger partial charge in [0.25, 0.3) is 0 Å². The maximum absolute atomic E-state index is 12.1. The zero-order valence-corrected chi connectivity index (χ0v) is 11.8. The Hall–Kier alpha value is -1.11. The van der Waals surface area contributed by atoms with Gasteiger partial charge in [-0.25, -0.2) is 13.1 Å². The number of benzene rings is 1. The van der Waals surface area contributed by atoms with Crippen molar-refractivity contribution in [2.75, 3.05) is 13.2 Å². The monoisotopic (exact) mass is 284 g/mol. The molecule has 0 aromatic heterocycles. The van der Waals surface area contributed by atoms with Gasteiger partial charge in [0.1, 0.15) is 12.4 Å². The summed E-state index contributed by atoms with van der Waals surface area (Å²) in [7, 11) is -3.41. The fourth-order valence-corrected chi connectivity index (χ4v) is 3.32. The third-order valence-electron chi connectivity index (χ3n) is 3.27. The maximum Gasteiger partial charge on any atom is 0.240 e. The first-order chi connectivity index (χ1) is 9.06. The number of sulfonamides is 1. The van der Waals surface area contributed by atoms with Crippen molar-refractivity contribution >= 4 is 10.0 Å². The van der Waals surface area contributed by atoms with Gasteiger partial charge in [-0.1, -0.05) is 13.3 Å². The highest BCUT2D eigenvalue weighted by Gasteiger charge is 2.38. The quantitative estimate of drug-likeness (QED) is 0.785. The van der Waals surface area contributed by atoms with Crippen LogP contribution in [0, 0.1) is 5.92 Å². The number of rotatable bonds is 7. The molecule has 1 aliphatic carbocycles. The van der Waals surface area contributed by atoms with Crippen LogP contribution in [0.15, 0.2) is 29.2 Å². The van der Waals surface area contributed by atoms with Crippen LogP contribution < -0.4 is 15.2 Å². The third-order valence-corrected chi connectivity index (χ3v) is 4.78. The third kappa shape index (κ3) is 3.68. The molecule has 19 heavy (non-hydrogen) atoms. The van der Waals surface area contributed by atoms with E-state index in [1.54, 1.807) is 24.3 Å². The van der Waals surface area contributed by atoms with Crippen LogP contribution in [0.5, 0.6) is 5.75 Å². The molecule has 1 aromatic carbocycles. The molecule has 1 fully saturated rings. The van der Waals surface area contributed by atoms with Crippen LogP contribution in [0.1, 0.15) is 19.8 Å². The molecular weight excluding hydrogens is 264 g/mol. The largest absolute Gasteiger partial charge is 0.492 e. The molecular formula is C13H20N2O3S. The predicted octanol–water partition coefficient (Wildman–Crippen LogP) is 1.10. The number of nitrogens with one attached hydrogen (secondary N) is 1. The average Bonchev–Trinajstić information content (AvgIpc) is 3.14. The maximum atomic E-state index is 12.1. The van der Waals surface area contributed by atoms with E-state index in [0.29, 0.717) is 24.8 Å². The summed E-state index contributed by atoms with van der Waals surface area (Å²) in [5, 5.41) is 0. The van der Waals surface area contributed by atoms with Crippen molar-refractivity contribution in [3.63, 3.8) is 0 Å². The Kier molecular flexibility index (Phi) is 4.44. The lowest BCUT2D eigenvalue weighted by Crippen LogP contribution is -2.27. The Morgan fingerprint density at radius 2 is 2.05 bits per heavy atom. The SMILES string of the molecule is CCC1CC1NS(=O)(=O)c1ccc(OCCN)cc1. The summed E-state index contributed by atoms with van der Waals surface area (Å²) in [6.07, 6.45) is 1.95. The second-order valence-electron chi connectivity index (χ2n) is 4.74. The Labute approximate surface area is 114 Å². The van der Waals surface area contributed by atoms with E-state index in [1.165, 1.54) is 0 Å². The minimum absolute atomic E-state index is 0.100. The Bertz CT molecular complexity index is 513. The highest BCUT2D eigenvalue weighted by atomic mass is 32.2. The number of nitrogens with two attached hydrogens (primary N) is 1. The molecule has 2 rings (SSSR count).